The molecule has 0 aromatic heterocycles. The van der Waals surface area contributed by atoms with E-state index < -0.39 is 17.3 Å². The van der Waals surface area contributed by atoms with Gasteiger partial charge in [0.2, 0.25) is 11.8 Å². The van der Waals surface area contributed by atoms with Crippen LogP contribution in [0, 0.1) is 0 Å². The van der Waals surface area contributed by atoms with E-state index >= 15 is 0 Å². The number of carboxylic acid groups (broad SMARTS) is 1. The van der Waals surface area contributed by atoms with Crippen molar-refractivity contribution < 1.29 is 19.5 Å². The van der Waals surface area contributed by atoms with Crippen molar-refractivity contribution in [2.45, 2.75) is 49.9 Å². The maximum atomic E-state index is 12.6. The summed E-state index contributed by atoms with van der Waals surface area (Å²) in [6.45, 7) is 1.49. The molecule has 2 N–H and O–H groups in total. The predicted molar refractivity (Wildman–Crippen MR) is 97.5 cm³/mol. The minimum absolute atomic E-state index is 0.151. The monoisotopic (exact) mass is 364 g/mol. The van der Waals surface area contributed by atoms with Crippen LogP contribution in [0.2, 0.25) is 0 Å². The molecule has 1 aliphatic heterocycles. The first-order valence-electron chi connectivity index (χ1n) is 8.43. The number of aliphatic carboxylic acids is 1. The van der Waals surface area contributed by atoms with Gasteiger partial charge in [-0.25, -0.2) is 0 Å². The Kier molecular flexibility index (Phi) is 6.87. The number of carbonyl (C=O) groups is 3. The average Bonchev–Trinajstić information content (AvgIpc) is 2.69. The van der Waals surface area contributed by atoms with Crippen molar-refractivity contribution in [3.63, 3.8) is 0 Å². The van der Waals surface area contributed by atoms with Crippen molar-refractivity contribution in [3.05, 3.63) is 35.9 Å². The Hall–Kier alpha value is -2.02. The summed E-state index contributed by atoms with van der Waals surface area (Å²) in [7, 11) is 0. The van der Waals surface area contributed by atoms with Crippen molar-refractivity contribution >= 4 is 30.4 Å². The third kappa shape index (κ3) is 5.49. The standard InChI is InChI=1S/C18H24N2O4S/c1-12-6-5-9-14(18(24)20(12)11-16(21)22)19-17(23)15(25)10-13-7-3-2-4-8-13/h2-4,7-8,12,14-15,25H,5-6,9-11H2,1H3,(H,19,23)(H,21,22)/t12-,14+,15+/m0/s1. The topological polar surface area (TPSA) is 86.7 Å². The molecule has 0 unspecified atom stereocenters. The summed E-state index contributed by atoms with van der Waals surface area (Å²) >= 11 is 4.36. The molecule has 25 heavy (non-hydrogen) atoms. The quantitative estimate of drug-likeness (QED) is 0.668. The van der Waals surface area contributed by atoms with Crippen LogP contribution in [0.1, 0.15) is 31.7 Å². The summed E-state index contributed by atoms with van der Waals surface area (Å²) in [5, 5.41) is 11.2. The zero-order valence-electron chi connectivity index (χ0n) is 14.2. The number of carboxylic acids is 1. The Morgan fingerprint density at radius 1 is 1.32 bits per heavy atom. The number of carbonyl (C=O) groups excluding carboxylic acids is 2. The normalized spacial score (nSPS) is 22.2. The largest absolute Gasteiger partial charge is 0.480 e. The second-order valence-electron chi connectivity index (χ2n) is 6.41. The number of nitrogens with zero attached hydrogens (tertiary/aromatic N) is 1. The van der Waals surface area contributed by atoms with Crippen LogP contribution in [-0.4, -0.2) is 51.7 Å². The Labute approximate surface area is 153 Å². The van der Waals surface area contributed by atoms with Gasteiger partial charge in [0.25, 0.3) is 0 Å². The van der Waals surface area contributed by atoms with Crippen molar-refractivity contribution in [3.8, 4) is 0 Å². The fraction of sp³-hybridized carbons (Fsp3) is 0.500. The van der Waals surface area contributed by atoms with Crippen LogP contribution in [0.5, 0.6) is 0 Å². The van der Waals surface area contributed by atoms with Gasteiger partial charge in [-0.15, -0.1) is 0 Å². The van der Waals surface area contributed by atoms with Crippen molar-refractivity contribution in [1.29, 1.82) is 0 Å². The highest BCUT2D eigenvalue weighted by atomic mass is 32.1. The number of benzene rings is 1. The predicted octanol–water partition coefficient (Wildman–Crippen LogP) is 1.50. The summed E-state index contributed by atoms with van der Waals surface area (Å²) in [5.74, 6) is -1.69. The minimum atomic E-state index is -1.05. The fourth-order valence-corrected chi connectivity index (χ4v) is 3.31. The molecule has 0 bridgehead atoms. The number of amides is 2. The summed E-state index contributed by atoms with van der Waals surface area (Å²) in [5.41, 5.74) is 0.992. The first-order chi connectivity index (χ1) is 11.9. The molecule has 1 fully saturated rings. The highest BCUT2D eigenvalue weighted by Crippen LogP contribution is 2.18. The van der Waals surface area contributed by atoms with E-state index in [0.717, 1.165) is 18.4 Å². The van der Waals surface area contributed by atoms with Crippen molar-refractivity contribution in [1.82, 2.24) is 10.2 Å². The molecule has 2 rings (SSSR count). The summed E-state index contributed by atoms with van der Waals surface area (Å²) in [6.07, 6.45) is 2.45. The van der Waals surface area contributed by atoms with Gasteiger partial charge in [0.05, 0.1) is 5.25 Å². The molecule has 7 heteroatoms. The minimum Gasteiger partial charge on any atom is -0.480 e. The molecule has 2 amide bonds. The van der Waals surface area contributed by atoms with E-state index in [4.69, 9.17) is 5.11 Å². The maximum absolute atomic E-state index is 12.6. The number of rotatable bonds is 6. The van der Waals surface area contributed by atoms with E-state index in [1.165, 1.54) is 4.90 Å². The van der Waals surface area contributed by atoms with Crippen LogP contribution in [0.15, 0.2) is 30.3 Å². The molecule has 0 spiro atoms. The Morgan fingerprint density at radius 3 is 2.64 bits per heavy atom. The van der Waals surface area contributed by atoms with Gasteiger partial charge in [0, 0.05) is 6.04 Å². The number of hydrogen-bond acceptors (Lipinski definition) is 4. The van der Waals surface area contributed by atoms with Gasteiger partial charge >= 0.3 is 5.97 Å². The van der Waals surface area contributed by atoms with Crippen LogP contribution in [-0.2, 0) is 20.8 Å². The van der Waals surface area contributed by atoms with E-state index in [1.807, 2.05) is 37.3 Å². The molecule has 3 atom stereocenters. The maximum Gasteiger partial charge on any atom is 0.323 e. The number of likely N-dealkylation sites (tertiary alicyclic amines) is 1. The van der Waals surface area contributed by atoms with Gasteiger partial charge in [-0.1, -0.05) is 30.3 Å². The van der Waals surface area contributed by atoms with Crippen LogP contribution < -0.4 is 5.32 Å². The van der Waals surface area contributed by atoms with E-state index in [-0.39, 0.29) is 24.4 Å². The number of hydrogen-bond donors (Lipinski definition) is 3. The third-order valence-electron chi connectivity index (χ3n) is 4.42. The molecule has 136 valence electrons. The van der Waals surface area contributed by atoms with E-state index in [2.05, 4.69) is 17.9 Å². The molecule has 1 saturated heterocycles. The molecular formula is C18H24N2O4S. The molecule has 1 aliphatic rings. The lowest BCUT2D eigenvalue weighted by Crippen LogP contribution is -2.52. The summed E-state index contributed by atoms with van der Waals surface area (Å²) in [6, 6.07) is 8.69. The summed E-state index contributed by atoms with van der Waals surface area (Å²) < 4.78 is 0. The lowest BCUT2D eigenvalue weighted by Gasteiger charge is -2.28. The van der Waals surface area contributed by atoms with Gasteiger partial charge < -0.3 is 15.3 Å². The van der Waals surface area contributed by atoms with Crippen LogP contribution >= 0.6 is 12.6 Å². The highest BCUT2D eigenvalue weighted by molar-refractivity contribution is 7.81. The van der Waals surface area contributed by atoms with Gasteiger partial charge in [-0.05, 0) is 38.2 Å². The van der Waals surface area contributed by atoms with E-state index in [9.17, 15) is 14.4 Å². The smallest absolute Gasteiger partial charge is 0.323 e. The van der Waals surface area contributed by atoms with Crippen LogP contribution in [0.3, 0.4) is 0 Å². The fourth-order valence-electron chi connectivity index (χ4n) is 3.03. The Bertz CT molecular complexity index is 623. The van der Waals surface area contributed by atoms with Gasteiger partial charge in [0.1, 0.15) is 12.6 Å². The van der Waals surface area contributed by atoms with Crippen LogP contribution in [0.4, 0.5) is 0 Å². The van der Waals surface area contributed by atoms with E-state index in [1.54, 1.807) is 0 Å². The average molecular weight is 364 g/mol. The molecule has 1 aromatic rings. The lowest BCUT2D eigenvalue weighted by molar-refractivity contribution is -0.147. The first-order valence-corrected chi connectivity index (χ1v) is 8.94. The molecule has 1 aromatic carbocycles. The molecular weight excluding hydrogens is 340 g/mol. The second kappa shape index (κ2) is 8.89. The Morgan fingerprint density at radius 2 is 2.00 bits per heavy atom. The SMILES string of the molecule is C[C@H]1CCC[C@@H](NC(=O)[C@H](S)Cc2ccccc2)C(=O)N1CC(=O)O. The Balaban J connectivity index is 2.00. The highest BCUT2D eigenvalue weighted by Gasteiger charge is 2.33. The number of nitrogens with one attached hydrogen (secondary N) is 1. The number of thiol groups is 1. The first kappa shape index (κ1) is 19.3. The van der Waals surface area contributed by atoms with Crippen molar-refractivity contribution in [2.75, 3.05) is 6.54 Å². The van der Waals surface area contributed by atoms with Gasteiger partial charge in [-0.2, -0.15) is 12.6 Å². The lowest BCUT2D eigenvalue weighted by atomic mass is 10.1. The van der Waals surface area contributed by atoms with Gasteiger partial charge in [-0.3, -0.25) is 14.4 Å². The molecule has 0 radical (unpaired) electrons. The molecule has 1 heterocycles. The summed E-state index contributed by atoms with van der Waals surface area (Å²) in [4.78, 5) is 37.4. The third-order valence-corrected chi connectivity index (χ3v) is 4.84. The zero-order valence-corrected chi connectivity index (χ0v) is 15.1. The molecule has 0 aliphatic carbocycles. The van der Waals surface area contributed by atoms with Crippen LogP contribution in [0.25, 0.3) is 0 Å². The second-order valence-corrected chi connectivity index (χ2v) is 7.03. The van der Waals surface area contributed by atoms with Crippen molar-refractivity contribution in [2.24, 2.45) is 0 Å². The van der Waals surface area contributed by atoms with E-state index in [0.29, 0.717) is 12.8 Å². The molecule has 0 saturated carbocycles. The zero-order chi connectivity index (χ0) is 18.4. The van der Waals surface area contributed by atoms with Gasteiger partial charge in [0.15, 0.2) is 0 Å². The molecule has 6 nitrogen and oxygen atoms in total.